The van der Waals surface area contributed by atoms with Crippen molar-refractivity contribution >= 4 is 15.9 Å². The number of pyridine rings is 1. The Morgan fingerprint density at radius 2 is 2.10 bits per heavy atom. The van der Waals surface area contributed by atoms with Gasteiger partial charge in [-0.1, -0.05) is 25.1 Å². The molecule has 1 aromatic heterocycles. The maximum absolute atomic E-state index is 14.4. The van der Waals surface area contributed by atoms with Gasteiger partial charge in [0.25, 0.3) is 0 Å². The largest absolute Gasteiger partial charge is 0.305 e. The molecule has 20 heavy (non-hydrogen) atoms. The zero-order chi connectivity index (χ0) is 14.5. The summed E-state index contributed by atoms with van der Waals surface area (Å²) in [7, 11) is 0. The predicted molar refractivity (Wildman–Crippen MR) is 83.2 cm³/mol. The van der Waals surface area contributed by atoms with Crippen LogP contribution in [0.4, 0.5) is 4.39 Å². The van der Waals surface area contributed by atoms with Gasteiger partial charge in [-0.3, -0.25) is 4.98 Å². The van der Waals surface area contributed by atoms with Crippen molar-refractivity contribution < 1.29 is 4.39 Å². The third-order valence-corrected chi connectivity index (χ3v) is 3.83. The molecule has 0 bridgehead atoms. The fourth-order valence-electron chi connectivity index (χ4n) is 2.19. The summed E-state index contributed by atoms with van der Waals surface area (Å²) in [6.45, 7) is 4.90. The molecule has 0 saturated heterocycles. The minimum Gasteiger partial charge on any atom is -0.305 e. The Morgan fingerprint density at radius 1 is 1.30 bits per heavy atom. The van der Waals surface area contributed by atoms with Crippen molar-refractivity contribution in [2.45, 2.75) is 26.3 Å². The highest BCUT2D eigenvalue weighted by Gasteiger charge is 2.21. The molecule has 0 spiro atoms. The molecule has 1 N–H and O–H groups in total. The van der Waals surface area contributed by atoms with Crippen LogP contribution in [0.3, 0.4) is 0 Å². The third kappa shape index (κ3) is 3.25. The van der Waals surface area contributed by atoms with E-state index in [1.54, 1.807) is 12.3 Å². The molecule has 2 nitrogen and oxygen atoms in total. The van der Waals surface area contributed by atoms with Gasteiger partial charge in [-0.25, -0.2) is 4.39 Å². The molecule has 4 heteroatoms. The second-order valence-corrected chi connectivity index (χ2v) is 5.59. The van der Waals surface area contributed by atoms with Crippen molar-refractivity contribution in [2.24, 2.45) is 0 Å². The van der Waals surface area contributed by atoms with Crippen LogP contribution in [-0.2, 0) is 0 Å². The fraction of sp³-hybridized carbons (Fsp3) is 0.312. The van der Waals surface area contributed by atoms with Crippen LogP contribution in [0.5, 0.6) is 0 Å². The van der Waals surface area contributed by atoms with E-state index >= 15 is 0 Å². The first-order chi connectivity index (χ1) is 9.65. The molecule has 0 amide bonds. The summed E-state index contributed by atoms with van der Waals surface area (Å²) in [4.78, 5) is 4.43. The average Bonchev–Trinajstić information content (AvgIpc) is 2.45. The average molecular weight is 337 g/mol. The SMILES string of the molecule is CCCNC(c1cccc(Br)c1F)c1ncccc1C. The van der Waals surface area contributed by atoms with Crippen molar-refractivity contribution in [2.75, 3.05) is 6.54 Å². The molecule has 1 atom stereocenters. The van der Waals surface area contributed by atoms with Gasteiger partial charge >= 0.3 is 0 Å². The summed E-state index contributed by atoms with van der Waals surface area (Å²) >= 11 is 3.25. The molecule has 1 aromatic carbocycles. The van der Waals surface area contributed by atoms with Gasteiger partial charge in [0.2, 0.25) is 0 Å². The third-order valence-electron chi connectivity index (χ3n) is 3.21. The molecule has 0 aliphatic rings. The van der Waals surface area contributed by atoms with Crippen LogP contribution in [0.1, 0.15) is 36.2 Å². The maximum Gasteiger partial charge on any atom is 0.142 e. The molecular formula is C16H18BrFN2. The monoisotopic (exact) mass is 336 g/mol. The first kappa shape index (κ1) is 15.1. The van der Waals surface area contributed by atoms with Crippen LogP contribution in [-0.4, -0.2) is 11.5 Å². The van der Waals surface area contributed by atoms with Crippen molar-refractivity contribution in [3.05, 3.63) is 63.6 Å². The molecule has 1 heterocycles. The number of halogens is 2. The van der Waals surface area contributed by atoms with E-state index in [1.165, 1.54) is 0 Å². The lowest BCUT2D eigenvalue weighted by atomic mass is 9.99. The van der Waals surface area contributed by atoms with Crippen molar-refractivity contribution in [3.63, 3.8) is 0 Å². The van der Waals surface area contributed by atoms with E-state index in [9.17, 15) is 4.39 Å². The number of hydrogen-bond donors (Lipinski definition) is 1. The molecule has 1 unspecified atom stereocenters. The lowest BCUT2D eigenvalue weighted by Crippen LogP contribution is -2.25. The number of aromatic nitrogens is 1. The van der Waals surface area contributed by atoms with Crippen LogP contribution < -0.4 is 5.32 Å². The Hall–Kier alpha value is -1.26. The van der Waals surface area contributed by atoms with Crippen molar-refractivity contribution in [3.8, 4) is 0 Å². The van der Waals surface area contributed by atoms with Gasteiger partial charge in [0, 0.05) is 11.8 Å². The Kier molecular flexibility index (Phi) is 5.26. The second-order valence-electron chi connectivity index (χ2n) is 4.74. The highest BCUT2D eigenvalue weighted by molar-refractivity contribution is 9.10. The normalized spacial score (nSPS) is 12.4. The molecule has 2 aromatic rings. The second kappa shape index (κ2) is 6.95. The Balaban J connectivity index is 2.47. The van der Waals surface area contributed by atoms with Crippen molar-refractivity contribution in [1.82, 2.24) is 10.3 Å². The number of hydrogen-bond acceptors (Lipinski definition) is 2. The first-order valence-corrected chi connectivity index (χ1v) is 7.53. The van der Waals surface area contributed by atoms with Gasteiger partial charge in [-0.2, -0.15) is 0 Å². The van der Waals surface area contributed by atoms with Crippen LogP contribution in [0.2, 0.25) is 0 Å². The van der Waals surface area contributed by atoms with E-state index in [0.29, 0.717) is 10.0 Å². The van der Waals surface area contributed by atoms with E-state index in [0.717, 1.165) is 24.2 Å². The van der Waals surface area contributed by atoms with Gasteiger partial charge in [0.1, 0.15) is 5.82 Å². The summed E-state index contributed by atoms with van der Waals surface area (Å²) in [5.41, 5.74) is 2.55. The summed E-state index contributed by atoms with van der Waals surface area (Å²) in [6.07, 6.45) is 2.73. The summed E-state index contributed by atoms with van der Waals surface area (Å²) in [6, 6.07) is 9.03. The van der Waals surface area contributed by atoms with Gasteiger partial charge in [-0.15, -0.1) is 0 Å². The van der Waals surface area contributed by atoms with Gasteiger partial charge in [0.05, 0.1) is 16.2 Å². The first-order valence-electron chi connectivity index (χ1n) is 6.74. The van der Waals surface area contributed by atoms with E-state index in [1.807, 2.05) is 31.2 Å². The van der Waals surface area contributed by atoms with Crippen molar-refractivity contribution in [1.29, 1.82) is 0 Å². The predicted octanol–water partition coefficient (Wildman–Crippen LogP) is 4.38. The van der Waals surface area contributed by atoms with E-state index in [2.05, 4.69) is 33.2 Å². The molecule has 106 valence electrons. The van der Waals surface area contributed by atoms with Crippen LogP contribution in [0, 0.1) is 12.7 Å². The smallest absolute Gasteiger partial charge is 0.142 e. The molecule has 0 saturated carbocycles. The Morgan fingerprint density at radius 3 is 2.80 bits per heavy atom. The van der Waals surface area contributed by atoms with Gasteiger partial charge in [-0.05, 0) is 53.5 Å². The Labute approximate surface area is 127 Å². The summed E-state index contributed by atoms with van der Waals surface area (Å²) < 4.78 is 14.9. The van der Waals surface area contributed by atoms with Crippen LogP contribution >= 0.6 is 15.9 Å². The van der Waals surface area contributed by atoms with E-state index in [4.69, 9.17) is 0 Å². The highest BCUT2D eigenvalue weighted by atomic mass is 79.9. The van der Waals surface area contributed by atoms with E-state index in [-0.39, 0.29) is 11.9 Å². The highest BCUT2D eigenvalue weighted by Crippen LogP contribution is 2.28. The number of nitrogens with one attached hydrogen (secondary N) is 1. The van der Waals surface area contributed by atoms with Gasteiger partial charge < -0.3 is 5.32 Å². The standard InChI is InChI=1S/C16H18BrFN2/c1-3-9-19-16(15-11(2)6-5-10-20-15)12-7-4-8-13(17)14(12)18/h4-8,10,16,19H,3,9H2,1-2H3. The maximum atomic E-state index is 14.4. The summed E-state index contributed by atoms with van der Waals surface area (Å²) in [5, 5.41) is 3.39. The molecule has 0 aliphatic carbocycles. The molecule has 0 fully saturated rings. The van der Waals surface area contributed by atoms with Crippen LogP contribution in [0.25, 0.3) is 0 Å². The lowest BCUT2D eigenvalue weighted by Gasteiger charge is -2.21. The summed E-state index contributed by atoms with van der Waals surface area (Å²) in [5.74, 6) is -0.230. The molecule has 2 rings (SSSR count). The zero-order valence-electron chi connectivity index (χ0n) is 11.7. The number of rotatable bonds is 5. The number of aryl methyl sites for hydroxylation is 1. The molecule has 0 aliphatic heterocycles. The topological polar surface area (TPSA) is 24.9 Å². The number of nitrogens with zero attached hydrogens (tertiary/aromatic N) is 1. The van der Waals surface area contributed by atoms with E-state index < -0.39 is 0 Å². The Bertz CT molecular complexity index is 586. The number of benzene rings is 1. The quantitative estimate of drug-likeness (QED) is 0.876. The molecule has 0 radical (unpaired) electrons. The fourth-order valence-corrected chi connectivity index (χ4v) is 2.57. The zero-order valence-corrected chi connectivity index (χ0v) is 13.2. The van der Waals surface area contributed by atoms with Crippen LogP contribution in [0.15, 0.2) is 41.0 Å². The lowest BCUT2D eigenvalue weighted by molar-refractivity contribution is 0.535. The minimum atomic E-state index is -0.230. The van der Waals surface area contributed by atoms with Gasteiger partial charge in [0.15, 0.2) is 0 Å². The molecular weight excluding hydrogens is 319 g/mol. The minimum absolute atomic E-state index is 0.228.